The molecule has 314 valence electrons. The van der Waals surface area contributed by atoms with Gasteiger partial charge in [-0.2, -0.15) is 0 Å². The minimum atomic E-state index is 0.413. The topological polar surface area (TPSA) is 43.4 Å². The predicted octanol–water partition coefficient (Wildman–Crippen LogP) is 15.1. The van der Waals surface area contributed by atoms with Crippen molar-refractivity contribution >= 4 is 67.8 Å². The van der Waals surface area contributed by atoms with E-state index in [9.17, 15) is 0 Å². The molecule has 0 aliphatic carbocycles. The molecule has 6 heteroatoms. The second-order valence-corrected chi connectivity index (χ2v) is 15.2. The lowest BCUT2D eigenvalue weighted by Crippen LogP contribution is -2.13. The lowest BCUT2D eigenvalue weighted by Gasteiger charge is -2.30. The Kier molecular flexibility index (Phi) is 12.6. The number of hydrogen-bond acceptors (Lipinski definition) is 6. The zero-order valence-corrected chi connectivity index (χ0v) is 35.6. The average Bonchev–Trinajstić information content (AvgIpc) is 3.36. The van der Waals surface area contributed by atoms with Crippen molar-refractivity contribution < 1.29 is 18.9 Å². The van der Waals surface area contributed by atoms with Crippen LogP contribution in [0.3, 0.4) is 0 Å². The van der Waals surface area contributed by atoms with Gasteiger partial charge in [-0.3, -0.25) is 0 Å². The molecule has 0 amide bonds. The molecule has 9 rings (SSSR count). The number of fused-ring (bicyclic) bond motifs is 2. The Morgan fingerprint density at radius 2 is 0.609 bits per heavy atom. The van der Waals surface area contributed by atoms with E-state index in [4.69, 9.17) is 18.9 Å². The first-order valence-electron chi connectivity index (χ1n) is 21.4. The Labute approximate surface area is 375 Å². The van der Waals surface area contributed by atoms with Crippen LogP contribution in [0.2, 0.25) is 0 Å². The number of nitrogens with zero attached hydrogens (tertiary/aromatic N) is 2. The first-order chi connectivity index (χ1) is 31.6. The fourth-order valence-electron chi connectivity index (χ4n) is 7.72. The molecule has 0 N–H and O–H groups in total. The minimum absolute atomic E-state index is 0.413. The van der Waals surface area contributed by atoms with Crippen molar-refractivity contribution in [1.29, 1.82) is 0 Å². The van der Waals surface area contributed by atoms with Crippen LogP contribution in [0, 0.1) is 0 Å². The highest BCUT2D eigenvalue weighted by atomic mass is 16.5. The third-order valence-electron chi connectivity index (χ3n) is 11.0. The van der Waals surface area contributed by atoms with Crippen LogP contribution in [-0.2, 0) is 0 Å². The van der Waals surface area contributed by atoms with E-state index in [-0.39, 0.29) is 0 Å². The van der Waals surface area contributed by atoms with Crippen molar-refractivity contribution in [2.24, 2.45) is 0 Å². The van der Waals surface area contributed by atoms with Gasteiger partial charge in [0.2, 0.25) is 0 Å². The van der Waals surface area contributed by atoms with E-state index < -0.39 is 0 Å². The van der Waals surface area contributed by atoms with Gasteiger partial charge in [-0.1, -0.05) is 116 Å². The van der Waals surface area contributed by atoms with Gasteiger partial charge in [-0.05, 0) is 148 Å². The molecule has 0 heterocycles. The molecule has 0 atom stereocenters. The summed E-state index contributed by atoms with van der Waals surface area (Å²) in [6.45, 7) is 9.32. The van der Waals surface area contributed by atoms with Gasteiger partial charge in [0, 0.05) is 34.1 Å². The minimum Gasteiger partial charge on any atom is -0.490 e. The van der Waals surface area contributed by atoms with Crippen molar-refractivity contribution in [2.45, 2.75) is 0 Å². The molecular weight excluding hydrogens is 789 g/mol. The lowest BCUT2D eigenvalue weighted by atomic mass is 10.1. The van der Waals surface area contributed by atoms with E-state index >= 15 is 0 Å². The number of ether oxygens (including phenoxy) is 4. The van der Waals surface area contributed by atoms with E-state index in [1.165, 1.54) is 10.8 Å². The third kappa shape index (κ3) is 9.78. The molecule has 64 heavy (non-hydrogen) atoms. The van der Waals surface area contributed by atoms with Crippen LogP contribution in [0.5, 0.6) is 23.0 Å². The van der Waals surface area contributed by atoms with Gasteiger partial charge in [0.05, 0.1) is 0 Å². The summed E-state index contributed by atoms with van der Waals surface area (Å²) in [5.74, 6) is 3.13. The second kappa shape index (κ2) is 19.7. The molecule has 0 spiro atoms. The molecule has 0 aromatic heterocycles. The second-order valence-electron chi connectivity index (χ2n) is 15.2. The van der Waals surface area contributed by atoms with Gasteiger partial charge >= 0.3 is 0 Å². The van der Waals surface area contributed by atoms with Crippen LogP contribution in [0.1, 0.15) is 11.1 Å². The van der Waals surface area contributed by atoms with E-state index in [0.717, 1.165) is 79.0 Å². The Morgan fingerprint density at radius 1 is 0.297 bits per heavy atom. The summed E-state index contributed by atoms with van der Waals surface area (Å²) in [4.78, 5) is 4.59. The normalized spacial score (nSPS) is 10.9. The fraction of sp³-hybridized carbons (Fsp3) is 0.0690. The van der Waals surface area contributed by atoms with Gasteiger partial charge in [-0.25, -0.2) is 0 Å². The summed E-state index contributed by atoms with van der Waals surface area (Å²) in [6, 6.07) is 71.0. The zero-order valence-electron chi connectivity index (χ0n) is 35.6. The van der Waals surface area contributed by atoms with Gasteiger partial charge in [0.1, 0.15) is 49.4 Å². The molecule has 0 aliphatic heterocycles. The lowest BCUT2D eigenvalue weighted by molar-refractivity contribution is 0.217. The largest absolute Gasteiger partial charge is 0.490 e. The molecule has 0 unspecified atom stereocenters. The third-order valence-corrected chi connectivity index (χ3v) is 11.0. The van der Waals surface area contributed by atoms with Crippen molar-refractivity contribution in [2.75, 3.05) is 36.2 Å². The van der Waals surface area contributed by atoms with E-state index in [2.05, 4.69) is 156 Å². The van der Waals surface area contributed by atoms with Crippen LogP contribution in [-0.4, -0.2) is 26.4 Å². The van der Waals surface area contributed by atoms with Crippen molar-refractivity contribution in [3.8, 4) is 23.0 Å². The summed E-state index contributed by atoms with van der Waals surface area (Å²) in [7, 11) is 0. The highest BCUT2D eigenvalue weighted by Gasteiger charge is 2.18. The maximum Gasteiger partial charge on any atom is 0.122 e. The molecule has 9 aromatic carbocycles. The van der Waals surface area contributed by atoms with Crippen molar-refractivity contribution in [3.05, 3.63) is 231 Å². The Hall–Kier alpha value is -8.22. The monoisotopic (exact) mass is 836 g/mol. The quantitative estimate of drug-likeness (QED) is 0.0802. The van der Waals surface area contributed by atoms with Gasteiger partial charge in [0.25, 0.3) is 0 Å². The van der Waals surface area contributed by atoms with Crippen LogP contribution in [0.25, 0.3) is 33.7 Å². The first-order valence-corrected chi connectivity index (χ1v) is 21.4. The van der Waals surface area contributed by atoms with Crippen LogP contribution >= 0.6 is 0 Å². The molecule has 6 nitrogen and oxygen atoms in total. The maximum absolute atomic E-state index is 6.13. The summed E-state index contributed by atoms with van der Waals surface area (Å²) in [6.07, 6.45) is 3.63. The Bertz CT molecular complexity index is 2780. The van der Waals surface area contributed by atoms with Crippen LogP contribution in [0.15, 0.2) is 219 Å². The van der Waals surface area contributed by atoms with Crippen molar-refractivity contribution in [3.63, 3.8) is 0 Å². The zero-order chi connectivity index (χ0) is 43.5. The van der Waals surface area contributed by atoms with Gasteiger partial charge in [0.15, 0.2) is 0 Å². The molecular formula is C58H48N2O4. The van der Waals surface area contributed by atoms with Gasteiger partial charge < -0.3 is 28.7 Å². The first kappa shape index (κ1) is 41.1. The standard InChI is InChI=1S/C58H48N2O4/c1-3-43-16-28-55(29-17-43)61-36-38-63-57-32-24-49(25-33-57)59(53-22-20-45-10-5-7-12-47(45)40-53)51-14-9-15-52(42-51)60(54-23-21-46-11-6-8-13-48(46)41-54)50-26-34-58(35-27-50)64-39-37-62-56-30-18-44(4-2)19-31-56/h3-35,40-42H,1-2,36-39H2. The molecule has 0 aliphatic rings. The molecule has 0 fully saturated rings. The van der Waals surface area contributed by atoms with Crippen LogP contribution in [0.4, 0.5) is 34.1 Å². The molecule has 0 saturated heterocycles. The average molecular weight is 837 g/mol. The van der Waals surface area contributed by atoms with E-state index in [1.807, 2.05) is 84.9 Å². The molecule has 0 saturated carbocycles. The van der Waals surface area contributed by atoms with E-state index in [0.29, 0.717) is 26.4 Å². The highest BCUT2D eigenvalue weighted by molar-refractivity contribution is 5.92. The van der Waals surface area contributed by atoms with Gasteiger partial charge in [-0.15, -0.1) is 0 Å². The Morgan fingerprint density at radius 3 is 0.969 bits per heavy atom. The van der Waals surface area contributed by atoms with Crippen LogP contribution < -0.4 is 28.7 Å². The molecule has 9 aromatic rings. The fourth-order valence-corrected chi connectivity index (χ4v) is 7.72. The Balaban J connectivity index is 0.997. The SMILES string of the molecule is C=Cc1ccc(OCCOc2ccc(N(c3cccc(N(c4ccc(OCCOc5ccc(C=C)cc5)cc4)c4ccc5ccccc5c4)c3)c3ccc4ccccc4c3)cc2)cc1. The maximum atomic E-state index is 6.13. The summed E-state index contributed by atoms with van der Waals surface area (Å²) >= 11 is 0. The number of hydrogen-bond donors (Lipinski definition) is 0. The molecule has 0 radical (unpaired) electrons. The smallest absolute Gasteiger partial charge is 0.122 e. The molecule has 0 bridgehead atoms. The number of benzene rings is 9. The van der Waals surface area contributed by atoms with Crippen molar-refractivity contribution in [1.82, 2.24) is 0 Å². The summed E-state index contributed by atoms with van der Waals surface area (Å²) < 4.78 is 24.1. The number of rotatable bonds is 18. The predicted molar refractivity (Wildman–Crippen MR) is 266 cm³/mol. The van der Waals surface area contributed by atoms with E-state index in [1.54, 1.807) is 0 Å². The number of anilines is 6. The highest BCUT2D eigenvalue weighted by Crippen LogP contribution is 2.42. The summed E-state index contributed by atoms with van der Waals surface area (Å²) in [5, 5.41) is 4.69. The summed E-state index contributed by atoms with van der Waals surface area (Å²) in [5.41, 5.74) is 8.18.